The lowest BCUT2D eigenvalue weighted by Crippen LogP contribution is -1.74. The van der Waals surface area contributed by atoms with Gasteiger partial charge in [0.25, 0.3) is 0 Å². The van der Waals surface area contributed by atoms with E-state index in [1.54, 1.807) is 0 Å². The average Bonchev–Trinajstić information content (AvgIpc) is 2.44. The second kappa shape index (κ2) is 3.13. The highest BCUT2D eigenvalue weighted by molar-refractivity contribution is 7.21. The standard InChI is InChI=1S/C10H7ClOS/c1-6-3-2-4-7-9(6)10(11)8(5-12)13-7/h2-5H,1H3. The van der Waals surface area contributed by atoms with Gasteiger partial charge in [-0.15, -0.1) is 11.3 Å². The summed E-state index contributed by atoms with van der Waals surface area (Å²) in [7, 11) is 0. The molecule has 0 amide bonds. The largest absolute Gasteiger partial charge is 0.297 e. The molecular formula is C10H7ClOS. The number of aryl methyl sites for hydroxylation is 1. The molecule has 2 rings (SSSR count). The molecule has 0 aliphatic carbocycles. The number of aldehydes is 1. The first-order chi connectivity index (χ1) is 6.24. The predicted octanol–water partition coefficient (Wildman–Crippen LogP) is 3.68. The van der Waals surface area contributed by atoms with Gasteiger partial charge in [0.05, 0.1) is 9.90 Å². The summed E-state index contributed by atoms with van der Waals surface area (Å²) in [6.45, 7) is 2.00. The van der Waals surface area contributed by atoms with Crippen LogP contribution in [-0.2, 0) is 0 Å². The Balaban J connectivity index is 2.92. The third kappa shape index (κ3) is 1.26. The first-order valence-electron chi connectivity index (χ1n) is 3.87. The van der Waals surface area contributed by atoms with Crippen molar-refractivity contribution in [1.29, 1.82) is 0 Å². The lowest BCUT2D eigenvalue weighted by Gasteiger charge is -1.94. The van der Waals surface area contributed by atoms with E-state index in [-0.39, 0.29) is 0 Å². The fraction of sp³-hybridized carbons (Fsp3) is 0.100. The third-order valence-corrected chi connectivity index (χ3v) is 3.58. The average molecular weight is 211 g/mol. The fourth-order valence-corrected chi connectivity index (χ4v) is 2.82. The molecule has 2 aromatic rings. The highest BCUT2D eigenvalue weighted by Gasteiger charge is 2.10. The Bertz CT molecular complexity index is 473. The summed E-state index contributed by atoms with van der Waals surface area (Å²) in [6.07, 6.45) is 0.812. The number of halogens is 1. The number of hydrogen-bond donors (Lipinski definition) is 0. The van der Waals surface area contributed by atoms with E-state index in [0.717, 1.165) is 21.9 Å². The summed E-state index contributed by atoms with van der Waals surface area (Å²) in [5.74, 6) is 0. The summed E-state index contributed by atoms with van der Waals surface area (Å²) < 4.78 is 1.08. The summed E-state index contributed by atoms with van der Waals surface area (Å²) in [5, 5.41) is 1.60. The molecule has 0 saturated heterocycles. The van der Waals surface area contributed by atoms with Gasteiger partial charge in [0.15, 0.2) is 6.29 Å². The van der Waals surface area contributed by atoms with E-state index in [4.69, 9.17) is 11.6 Å². The highest BCUT2D eigenvalue weighted by atomic mass is 35.5. The Hall–Kier alpha value is -0.860. The van der Waals surface area contributed by atoms with Crippen molar-refractivity contribution in [3.63, 3.8) is 0 Å². The minimum Gasteiger partial charge on any atom is -0.297 e. The van der Waals surface area contributed by atoms with Crippen LogP contribution in [0.2, 0.25) is 5.02 Å². The SMILES string of the molecule is Cc1cccc2sc(C=O)c(Cl)c12. The molecule has 0 atom stereocenters. The second-order valence-electron chi connectivity index (χ2n) is 2.85. The van der Waals surface area contributed by atoms with Crippen LogP contribution < -0.4 is 0 Å². The van der Waals surface area contributed by atoms with Crippen LogP contribution in [0.15, 0.2) is 18.2 Å². The van der Waals surface area contributed by atoms with E-state index in [9.17, 15) is 4.79 Å². The highest BCUT2D eigenvalue weighted by Crippen LogP contribution is 2.35. The van der Waals surface area contributed by atoms with Gasteiger partial charge in [-0.3, -0.25) is 4.79 Å². The molecule has 13 heavy (non-hydrogen) atoms. The molecule has 0 aliphatic rings. The molecule has 1 aromatic heterocycles. The molecule has 0 N–H and O–H groups in total. The van der Waals surface area contributed by atoms with Gasteiger partial charge < -0.3 is 0 Å². The van der Waals surface area contributed by atoms with Gasteiger partial charge in [-0.1, -0.05) is 23.7 Å². The maximum atomic E-state index is 10.6. The van der Waals surface area contributed by atoms with Crippen molar-refractivity contribution < 1.29 is 4.79 Å². The van der Waals surface area contributed by atoms with Crippen LogP contribution in [0.4, 0.5) is 0 Å². The van der Waals surface area contributed by atoms with Crippen LogP contribution in [0.25, 0.3) is 10.1 Å². The molecular weight excluding hydrogens is 204 g/mol. The van der Waals surface area contributed by atoms with Gasteiger partial charge in [0.2, 0.25) is 0 Å². The Kier molecular flexibility index (Phi) is 2.10. The monoisotopic (exact) mass is 210 g/mol. The van der Waals surface area contributed by atoms with Gasteiger partial charge in [-0.05, 0) is 18.6 Å². The van der Waals surface area contributed by atoms with Crippen molar-refractivity contribution in [2.24, 2.45) is 0 Å². The topological polar surface area (TPSA) is 17.1 Å². The lowest BCUT2D eigenvalue weighted by molar-refractivity contribution is 0.112. The summed E-state index contributed by atoms with van der Waals surface area (Å²) in [6, 6.07) is 5.94. The van der Waals surface area contributed by atoms with Crippen LogP contribution >= 0.6 is 22.9 Å². The minimum atomic E-state index is 0.591. The number of hydrogen-bond acceptors (Lipinski definition) is 2. The van der Waals surface area contributed by atoms with Gasteiger partial charge >= 0.3 is 0 Å². The molecule has 3 heteroatoms. The van der Waals surface area contributed by atoms with Crippen molar-refractivity contribution in [3.05, 3.63) is 33.7 Å². The number of carbonyl (C=O) groups is 1. The molecule has 0 unspecified atom stereocenters. The summed E-state index contributed by atoms with van der Waals surface area (Å²) in [4.78, 5) is 11.3. The van der Waals surface area contributed by atoms with E-state index < -0.39 is 0 Å². The van der Waals surface area contributed by atoms with E-state index in [0.29, 0.717) is 9.90 Å². The smallest absolute Gasteiger partial charge is 0.161 e. The Morgan fingerprint density at radius 3 is 2.85 bits per heavy atom. The van der Waals surface area contributed by atoms with Gasteiger partial charge in [-0.25, -0.2) is 0 Å². The Morgan fingerprint density at radius 1 is 1.46 bits per heavy atom. The van der Waals surface area contributed by atoms with Crippen LogP contribution in [0.1, 0.15) is 15.2 Å². The van der Waals surface area contributed by atoms with Crippen molar-refractivity contribution in [2.45, 2.75) is 6.92 Å². The summed E-state index contributed by atoms with van der Waals surface area (Å²) in [5.41, 5.74) is 1.12. The minimum absolute atomic E-state index is 0.591. The zero-order chi connectivity index (χ0) is 9.42. The molecule has 1 nitrogen and oxygen atoms in total. The van der Waals surface area contributed by atoms with Gasteiger partial charge in [0, 0.05) is 10.1 Å². The van der Waals surface area contributed by atoms with E-state index >= 15 is 0 Å². The van der Waals surface area contributed by atoms with Crippen molar-refractivity contribution in [2.75, 3.05) is 0 Å². The van der Waals surface area contributed by atoms with Crippen molar-refractivity contribution in [3.8, 4) is 0 Å². The van der Waals surface area contributed by atoms with Gasteiger partial charge in [0.1, 0.15) is 0 Å². The number of fused-ring (bicyclic) bond motifs is 1. The normalized spacial score (nSPS) is 10.6. The van der Waals surface area contributed by atoms with Crippen LogP contribution in [0.5, 0.6) is 0 Å². The van der Waals surface area contributed by atoms with E-state index in [2.05, 4.69) is 0 Å². The first-order valence-corrected chi connectivity index (χ1v) is 5.06. The molecule has 0 fully saturated rings. The van der Waals surface area contributed by atoms with Crippen molar-refractivity contribution in [1.82, 2.24) is 0 Å². The summed E-state index contributed by atoms with van der Waals surface area (Å²) >= 11 is 7.48. The molecule has 0 spiro atoms. The van der Waals surface area contributed by atoms with E-state index in [1.807, 2.05) is 25.1 Å². The second-order valence-corrected chi connectivity index (χ2v) is 4.31. The third-order valence-electron chi connectivity index (χ3n) is 2.00. The maximum absolute atomic E-state index is 10.6. The van der Waals surface area contributed by atoms with E-state index in [1.165, 1.54) is 11.3 Å². The maximum Gasteiger partial charge on any atom is 0.161 e. The van der Waals surface area contributed by atoms with Gasteiger partial charge in [-0.2, -0.15) is 0 Å². The fourth-order valence-electron chi connectivity index (χ4n) is 1.37. The molecule has 66 valence electrons. The number of rotatable bonds is 1. The van der Waals surface area contributed by atoms with Crippen LogP contribution in [-0.4, -0.2) is 6.29 Å². The van der Waals surface area contributed by atoms with Crippen LogP contribution in [0.3, 0.4) is 0 Å². The number of benzene rings is 1. The molecule has 0 aliphatic heterocycles. The number of thiophene rings is 1. The Morgan fingerprint density at radius 2 is 2.23 bits per heavy atom. The predicted molar refractivity (Wildman–Crippen MR) is 57.0 cm³/mol. The van der Waals surface area contributed by atoms with Crippen molar-refractivity contribution >= 4 is 39.3 Å². The quantitative estimate of drug-likeness (QED) is 0.657. The zero-order valence-electron chi connectivity index (χ0n) is 7.00. The molecule has 0 bridgehead atoms. The molecule has 0 radical (unpaired) electrons. The first kappa shape index (κ1) is 8.73. The lowest BCUT2D eigenvalue weighted by atomic mass is 10.1. The molecule has 1 aromatic carbocycles. The molecule has 0 saturated carbocycles. The van der Waals surface area contributed by atoms with Crippen LogP contribution in [0, 0.1) is 6.92 Å². The molecule has 1 heterocycles. The Labute approximate surface area is 84.9 Å². The zero-order valence-corrected chi connectivity index (χ0v) is 8.58. The number of carbonyl (C=O) groups excluding carboxylic acids is 1.